The lowest BCUT2D eigenvalue weighted by molar-refractivity contribution is -0.374. The van der Waals surface area contributed by atoms with E-state index in [0.717, 1.165) is 32.1 Å². The molecule has 0 aromatic carbocycles. The first kappa shape index (κ1) is 51.1. The Kier molecular flexibility index (Phi) is 14.0. The van der Waals surface area contributed by atoms with Gasteiger partial charge in [0.25, 0.3) is 0 Å². The molecule has 5 aliphatic carbocycles. The van der Waals surface area contributed by atoms with E-state index in [-0.39, 0.29) is 46.7 Å². The second kappa shape index (κ2) is 18.1. The second-order valence-corrected chi connectivity index (χ2v) is 23.1. The van der Waals surface area contributed by atoms with Crippen molar-refractivity contribution in [2.75, 3.05) is 26.4 Å². The van der Waals surface area contributed by atoms with Gasteiger partial charge in [0.1, 0.15) is 67.1 Å². The van der Waals surface area contributed by atoms with Crippen LogP contribution >= 0.6 is 0 Å². The average Bonchev–Trinajstić information content (AvgIpc) is 3.27. The quantitative estimate of drug-likeness (QED) is 0.123. The maximum absolute atomic E-state index is 12.1. The number of hydrogen-bond donors (Lipinski definition) is 12. The van der Waals surface area contributed by atoms with Crippen molar-refractivity contribution < 1.29 is 89.7 Å². The Morgan fingerprint density at radius 1 is 0.652 bits per heavy atom. The molecule has 0 bridgehead atoms. The number of ether oxygens (including phenoxy) is 6. The standard InChI is InChI=1S/C48H78O18/c1-22-31(53)33(55)37(59)41(62-22)66-39-26(19-61-40-36(58)34(56)32(54)25(18-49)63-40)64-42(38(60)35(39)57)65-30-11-12-44(4)27(45(30,5)20-50)10-13-46(6)28(44)9-8-23-24-16-43(2,3)14-15-48(24,21-51)29(52)17-47(23,46)7/h8-9,22,25-42,49-60H,10-21H2,1-7H3/t22-,25+,26+,27-,28+,29+,30-,31-,32+,33+,34-,35+,36+,37+,38+,39+,40+,41-,42-,44-,45-,46+,47+,48+/m0/s1. The van der Waals surface area contributed by atoms with Gasteiger partial charge in [-0.05, 0) is 91.9 Å². The summed E-state index contributed by atoms with van der Waals surface area (Å²) in [6.07, 6.45) is -14.9. The van der Waals surface area contributed by atoms with Crippen LogP contribution in [0.25, 0.3) is 0 Å². The van der Waals surface area contributed by atoms with Gasteiger partial charge in [0.05, 0.1) is 44.7 Å². The molecule has 18 nitrogen and oxygen atoms in total. The normalized spacial score (nSPS) is 54.8. The Hall–Kier alpha value is -1.24. The molecule has 66 heavy (non-hydrogen) atoms. The summed E-state index contributed by atoms with van der Waals surface area (Å²) in [6.45, 7) is 13.3. The first-order valence-corrected chi connectivity index (χ1v) is 24.1. The molecule has 3 saturated carbocycles. The average molecular weight is 943 g/mol. The van der Waals surface area contributed by atoms with Crippen molar-refractivity contribution in [1.82, 2.24) is 0 Å². The number of hydrogen-bond acceptors (Lipinski definition) is 18. The van der Waals surface area contributed by atoms with Gasteiger partial charge in [-0.25, -0.2) is 0 Å². The van der Waals surface area contributed by atoms with E-state index >= 15 is 0 Å². The number of aliphatic hydroxyl groups is 12. The van der Waals surface area contributed by atoms with Crippen molar-refractivity contribution in [1.29, 1.82) is 0 Å². The molecule has 0 amide bonds. The highest BCUT2D eigenvalue weighted by atomic mass is 16.8. The van der Waals surface area contributed by atoms with Crippen molar-refractivity contribution in [2.45, 2.75) is 204 Å². The summed E-state index contributed by atoms with van der Waals surface area (Å²) in [4.78, 5) is 0. The minimum Gasteiger partial charge on any atom is -0.396 e. The van der Waals surface area contributed by atoms with Gasteiger partial charge in [0.2, 0.25) is 0 Å². The van der Waals surface area contributed by atoms with Crippen molar-refractivity contribution in [3.05, 3.63) is 23.3 Å². The SMILES string of the molecule is C[C@@H]1O[C@@H](O[C@H]2[C@H](O)[C@@H](O)[C@H](O[C@H]3CC[C@@]4(C)[C@H](CC[C@]5(C)[C@@H]4C=CC4=C6CC(C)(C)CC[C@]6(CO)[C@H](O)C[C@]45C)[C@]3(C)CO)O[C@@H]2CO[C@@H]2O[C@H](CO)[C@@H](O)[C@H](O)[C@H]2O)[C@H](O)[C@H](O)[C@H]1O. The molecule has 0 radical (unpaired) electrons. The predicted octanol–water partition coefficient (Wildman–Crippen LogP) is -0.495. The highest BCUT2D eigenvalue weighted by molar-refractivity contribution is 5.47. The summed E-state index contributed by atoms with van der Waals surface area (Å²) < 4.78 is 36.1. The minimum atomic E-state index is -1.81. The first-order valence-electron chi connectivity index (χ1n) is 24.1. The zero-order chi connectivity index (χ0) is 48.3. The Morgan fingerprint density at radius 2 is 1.29 bits per heavy atom. The molecule has 0 spiro atoms. The van der Waals surface area contributed by atoms with E-state index in [4.69, 9.17) is 28.4 Å². The molecule has 0 aromatic heterocycles. The van der Waals surface area contributed by atoms with E-state index in [2.05, 4.69) is 46.8 Å². The fourth-order valence-electron chi connectivity index (χ4n) is 14.4. The molecule has 3 aliphatic heterocycles. The van der Waals surface area contributed by atoms with Crippen LogP contribution in [0.1, 0.15) is 99.8 Å². The predicted molar refractivity (Wildman–Crippen MR) is 231 cm³/mol. The lowest BCUT2D eigenvalue weighted by Gasteiger charge is -2.70. The number of rotatable bonds is 10. The Bertz CT molecular complexity index is 1810. The summed E-state index contributed by atoms with van der Waals surface area (Å²) in [5.74, 6) is -0.0380. The zero-order valence-electron chi connectivity index (χ0n) is 39.4. The van der Waals surface area contributed by atoms with Crippen LogP contribution in [0.3, 0.4) is 0 Å². The van der Waals surface area contributed by atoms with Crippen LogP contribution < -0.4 is 0 Å². The summed E-state index contributed by atoms with van der Waals surface area (Å²) in [5.41, 5.74) is -0.0774. The summed E-state index contributed by atoms with van der Waals surface area (Å²) in [7, 11) is 0. The third-order valence-electron chi connectivity index (χ3n) is 18.9. The summed E-state index contributed by atoms with van der Waals surface area (Å²) in [6, 6.07) is 0. The third kappa shape index (κ3) is 7.84. The highest BCUT2D eigenvalue weighted by Crippen LogP contribution is 2.74. The Morgan fingerprint density at radius 3 is 1.95 bits per heavy atom. The largest absolute Gasteiger partial charge is 0.396 e. The second-order valence-electron chi connectivity index (χ2n) is 23.1. The molecule has 3 saturated heterocycles. The van der Waals surface area contributed by atoms with Gasteiger partial charge in [0.15, 0.2) is 18.9 Å². The van der Waals surface area contributed by atoms with Crippen molar-refractivity contribution in [2.24, 2.45) is 44.3 Å². The zero-order valence-corrected chi connectivity index (χ0v) is 39.4. The molecule has 8 aliphatic rings. The number of allylic oxidation sites excluding steroid dienone is 3. The number of aliphatic hydroxyl groups excluding tert-OH is 12. The molecule has 0 unspecified atom stereocenters. The fraction of sp³-hybridized carbons (Fsp3) is 0.917. The maximum atomic E-state index is 12.1. The summed E-state index contributed by atoms with van der Waals surface area (Å²) >= 11 is 0. The molecule has 6 fully saturated rings. The monoisotopic (exact) mass is 943 g/mol. The van der Waals surface area contributed by atoms with E-state index < -0.39 is 128 Å². The highest BCUT2D eigenvalue weighted by Gasteiger charge is 2.69. The fourth-order valence-corrected chi connectivity index (χ4v) is 14.4. The van der Waals surface area contributed by atoms with E-state index in [1.165, 1.54) is 18.1 Å². The topological polar surface area (TPSA) is 298 Å². The van der Waals surface area contributed by atoms with Gasteiger partial charge in [-0.1, -0.05) is 59.3 Å². The van der Waals surface area contributed by atoms with E-state index in [1.807, 2.05) is 6.92 Å². The lowest BCUT2D eigenvalue weighted by Crippen LogP contribution is -2.67. The van der Waals surface area contributed by atoms with Crippen LogP contribution in [-0.2, 0) is 28.4 Å². The third-order valence-corrected chi connectivity index (χ3v) is 18.9. The van der Waals surface area contributed by atoms with Crippen LogP contribution in [0, 0.1) is 44.3 Å². The lowest BCUT2D eigenvalue weighted by atomic mass is 9.35. The van der Waals surface area contributed by atoms with Crippen LogP contribution in [0.2, 0.25) is 0 Å². The van der Waals surface area contributed by atoms with Crippen LogP contribution in [-0.4, -0.2) is 192 Å². The molecule has 0 aromatic rings. The minimum absolute atomic E-state index is 0.0333. The van der Waals surface area contributed by atoms with Gasteiger partial charge < -0.3 is 89.7 Å². The molecule has 3 heterocycles. The molecular formula is C48H78O18. The van der Waals surface area contributed by atoms with Crippen LogP contribution in [0.4, 0.5) is 0 Å². The van der Waals surface area contributed by atoms with Crippen LogP contribution in [0.15, 0.2) is 23.3 Å². The van der Waals surface area contributed by atoms with Gasteiger partial charge in [-0.15, -0.1) is 0 Å². The molecule has 8 rings (SSSR count). The van der Waals surface area contributed by atoms with Gasteiger partial charge in [0, 0.05) is 16.2 Å². The van der Waals surface area contributed by atoms with Crippen molar-refractivity contribution in [3.63, 3.8) is 0 Å². The van der Waals surface area contributed by atoms with Gasteiger partial charge >= 0.3 is 0 Å². The van der Waals surface area contributed by atoms with E-state index in [9.17, 15) is 61.3 Å². The molecule has 18 heteroatoms. The van der Waals surface area contributed by atoms with Gasteiger partial charge in [-0.2, -0.15) is 0 Å². The number of fused-ring (bicyclic) bond motifs is 6. The van der Waals surface area contributed by atoms with E-state index in [0.29, 0.717) is 19.3 Å². The Labute approximate surface area is 387 Å². The first-order chi connectivity index (χ1) is 30.9. The van der Waals surface area contributed by atoms with Crippen molar-refractivity contribution in [3.8, 4) is 0 Å². The molecular weight excluding hydrogens is 865 g/mol. The maximum Gasteiger partial charge on any atom is 0.187 e. The Balaban J connectivity index is 1.06. The molecule has 12 N–H and O–H groups in total. The molecule has 24 atom stereocenters. The van der Waals surface area contributed by atoms with Gasteiger partial charge in [-0.3, -0.25) is 0 Å². The summed E-state index contributed by atoms with van der Waals surface area (Å²) in [5, 5.41) is 131. The van der Waals surface area contributed by atoms with E-state index in [1.54, 1.807) is 0 Å². The molecule has 378 valence electrons. The van der Waals surface area contributed by atoms with Crippen LogP contribution in [0.5, 0.6) is 0 Å². The smallest absolute Gasteiger partial charge is 0.187 e. The van der Waals surface area contributed by atoms with Crippen molar-refractivity contribution >= 4 is 0 Å².